The Balaban J connectivity index is 2.06. The van der Waals surface area contributed by atoms with Gasteiger partial charge in [-0.05, 0) is 29.8 Å². The van der Waals surface area contributed by atoms with Crippen LogP contribution in [0.3, 0.4) is 0 Å². The van der Waals surface area contributed by atoms with E-state index < -0.39 is 6.04 Å². The van der Waals surface area contributed by atoms with Crippen molar-refractivity contribution in [2.45, 2.75) is 6.04 Å². The lowest BCUT2D eigenvalue weighted by molar-refractivity contribution is -0.117. The number of carbonyl (C=O) groups excluding carboxylic acids is 1. The topological polar surface area (TPSA) is 75.4 Å². The van der Waals surface area contributed by atoms with Gasteiger partial charge in [0.05, 0.1) is 0 Å². The molecule has 1 unspecified atom stereocenters. The number of phenols is 1. The first-order valence-electron chi connectivity index (χ1n) is 5.57. The number of phenolic OH excluding ortho intramolecular Hbond substituents is 1. The maximum atomic E-state index is 11.9. The van der Waals surface area contributed by atoms with E-state index in [0.717, 1.165) is 5.56 Å². The van der Waals surface area contributed by atoms with E-state index in [1.165, 1.54) is 12.1 Å². The molecule has 0 saturated carbocycles. The summed E-state index contributed by atoms with van der Waals surface area (Å²) in [6.07, 6.45) is 0. The van der Waals surface area contributed by atoms with Crippen LogP contribution in [0.5, 0.6) is 5.75 Å². The number of amides is 1. The quantitative estimate of drug-likeness (QED) is 0.721. The molecule has 1 amide bonds. The minimum absolute atomic E-state index is 0.153. The average Bonchev–Trinajstić information content (AvgIpc) is 2.41. The standard InChI is InChI=1S/C14H14N2O2/c15-13(10-4-2-1-3-5-10)14(18)16-11-6-8-12(17)9-7-11/h1-9,13,17H,15H2,(H,16,18). The highest BCUT2D eigenvalue weighted by atomic mass is 16.3. The number of nitrogens with one attached hydrogen (secondary N) is 1. The van der Waals surface area contributed by atoms with Gasteiger partial charge >= 0.3 is 0 Å². The molecule has 0 heterocycles. The van der Waals surface area contributed by atoms with Crippen molar-refractivity contribution in [1.29, 1.82) is 0 Å². The summed E-state index contributed by atoms with van der Waals surface area (Å²) in [5.41, 5.74) is 7.21. The third kappa shape index (κ3) is 2.87. The Hall–Kier alpha value is -2.33. The van der Waals surface area contributed by atoms with Crippen LogP contribution in [0.4, 0.5) is 5.69 Å². The van der Waals surface area contributed by atoms with Crippen molar-refractivity contribution in [2.75, 3.05) is 5.32 Å². The predicted molar refractivity (Wildman–Crippen MR) is 70.1 cm³/mol. The molecule has 0 fully saturated rings. The number of hydrogen-bond acceptors (Lipinski definition) is 3. The van der Waals surface area contributed by atoms with Crippen LogP contribution in [0.15, 0.2) is 54.6 Å². The maximum absolute atomic E-state index is 11.9. The Morgan fingerprint density at radius 2 is 1.67 bits per heavy atom. The number of benzene rings is 2. The summed E-state index contributed by atoms with van der Waals surface area (Å²) in [6, 6.07) is 14.7. The fourth-order valence-corrected chi connectivity index (χ4v) is 1.58. The molecular weight excluding hydrogens is 228 g/mol. The zero-order valence-corrected chi connectivity index (χ0v) is 9.71. The zero-order chi connectivity index (χ0) is 13.0. The lowest BCUT2D eigenvalue weighted by atomic mass is 10.1. The molecule has 0 radical (unpaired) electrons. The van der Waals surface area contributed by atoms with E-state index >= 15 is 0 Å². The van der Waals surface area contributed by atoms with Crippen LogP contribution >= 0.6 is 0 Å². The Morgan fingerprint density at radius 1 is 1.06 bits per heavy atom. The van der Waals surface area contributed by atoms with Crippen molar-refractivity contribution in [3.05, 3.63) is 60.2 Å². The molecule has 2 rings (SSSR count). The number of anilines is 1. The van der Waals surface area contributed by atoms with E-state index in [2.05, 4.69) is 5.32 Å². The second-order valence-corrected chi connectivity index (χ2v) is 3.92. The molecular formula is C14H14N2O2. The van der Waals surface area contributed by atoms with Crippen molar-refractivity contribution in [1.82, 2.24) is 0 Å². The van der Waals surface area contributed by atoms with E-state index in [-0.39, 0.29) is 11.7 Å². The summed E-state index contributed by atoms with van der Waals surface area (Å²) in [7, 11) is 0. The number of rotatable bonds is 3. The number of aromatic hydroxyl groups is 1. The molecule has 0 aliphatic carbocycles. The van der Waals surface area contributed by atoms with E-state index in [1.807, 2.05) is 18.2 Å². The van der Waals surface area contributed by atoms with Crippen LogP contribution < -0.4 is 11.1 Å². The molecule has 0 aromatic heterocycles. The number of carbonyl (C=O) groups is 1. The van der Waals surface area contributed by atoms with Gasteiger partial charge in [-0.2, -0.15) is 0 Å². The largest absolute Gasteiger partial charge is 0.508 e. The van der Waals surface area contributed by atoms with E-state index in [1.54, 1.807) is 24.3 Å². The fraction of sp³-hybridized carbons (Fsp3) is 0.0714. The highest BCUT2D eigenvalue weighted by Gasteiger charge is 2.15. The van der Waals surface area contributed by atoms with E-state index in [0.29, 0.717) is 5.69 Å². The molecule has 1 atom stereocenters. The summed E-state index contributed by atoms with van der Waals surface area (Å²) in [5, 5.41) is 11.8. The summed E-state index contributed by atoms with van der Waals surface area (Å²) in [5.74, 6) is -0.132. The van der Waals surface area contributed by atoms with Gasteiger partial charge in [-0.15, -0.1) is 0 Å². The second-order valence-electron chi connectivity index (χ2n) is 3.92. The van der Waals surface area contributed by atoms with Crippen LogP contribution in [0.25, 0.3) is 0 Å². The molecule has 0 saturated heterocycles. The Kier molecular flexibility index (Phi) is 3.60. The Labute approximate surface area is 105 Å². The minimum atomic E-state index is -0.708. The molecule has 0 bridgehead atoms. The molecule has 18 heavy (non-hydrogen) atoms. The molecule has 2 aromatic carbocycles. The third-order valence-electron chi connectivity index (χ3n) is 2.58. The first-order valence-corrected chi connectivity index (χ1v) is 5.57. The normalized spacial score (nSPS) is 11.8. The summed E-state index contributed by atoms with van der Waals surface area (Å²) >= 11 is 0. The van der Waals surface area contributed by atoms with Crippen LogP contribution in [0.1, 0.15) is 11.6 Å². The van der Waals surface area contributed by atoms with Crippen LogP contribution in [-0.4, -0.2) is 11.0 Å². The van der Waals surface area contributed by atoms with Gasteiger partial charge in [0.25, 0.3) is 0 Å². The fourth-order valence-electron chi connectivity index (χ4n) is 1.58. The lowest BCUT2D eigenvalue weighted by Crippen LogP contribution is -2.27. The SMILES string of the molecule is NC(C(=O)Nc1ccc(O)cc1)c1ccccc1. The molecule has 2 aromatic rings. The van der Waals surface area contributed by atoms with Gasteiger partial charge in [0.15, 0.2) is 0 Å². The first kappa shape index (κ1) is 12.1. The summed E-state index contributed by atoms with van der Waals surface area (Å²) in [4.78, 5) is 11.9. The van der Waals surface area contributed by atoms with Crippen molar-refractivity contribution >= 4 is 11.6 Å². The van der Waals surface area contributed by atoms with Gasteiger partial charge in [0.2, 0.25) is 5.91 Å². The highest BCUT2D eigenvalue weighted by Crippen LogP contribution is 2.16. The monoisotopic (exact) mass is 242 g/mol. The molecule has 0 aliphatic rings. The number of nitrogens with two attached hydrogens (primary N) is 1. The molecule has 4 N–H and O–H groups in total. The first-order chi connectivity index (χ1) is 8.66. The maximum Gasteiger partial charge on any atom is 0.245 e. The summed E-state index contributed by atoms with van der Waals surface area (Å²) in [6.45, 7) is 0. The zero-order valence-electron chi connectivity index (χ0n) is 9.71. The smallest absolute Gasteiger partial charge is 0.245 e. The lowest BCUT2D eigenvalue weighted by Gasteiger charge is -2.12. The van der Waals surface area contributed by atoms with Crippen LogP contribution in [0.2, 0.25) is 0 Å². The van der Waals surface area contributed by atoms with Gasteiger partial charge in [-0.3, -0.25) is 4.79 Å². The van der Waals surface area contributed by atoms with Crippen LogP contribution in [0, 0.1) is 0 Å². The predicted octanol–water partition coefficient (Wildman–Crippen LogP) is 2.03. The molecule has 92 valence electrons. The molecule has 4 heteroatoms. The van der Waals surface area contributed by atoms with Gasteiger partial charge in [0.1, 0.15) is 11.8 Å². The molecule has 0 aliphatic heterocycles. The number of hydrogen-bond donors (Lipinski definition) is 3. The van der Waals surface area contributed by atoms with E-state index in [4.69, 9.17) is 10.8 Å². The Morgan fingerprint density at radius 3 is 2.28 bits per heavy atom. The van der Waals surface area contributed by atoms with Gasteiger partial charge in [-0.25, -0.2) is 0 Å². The molecule has 0 spiro atoms. The van der Waals surface area contributed by atoms with Crippen molar-refractivity contribution in [2.24, 2.45) is 5.73 Å². The van der Waals surface area contributed by atoms with Gasteiger partial charge in [-0.1, -0.05) is 30.3 Å². The minimum Gasteiger partial charge on any atom is -0.508 e. The highest BCUT2D eigenvalue weighted by molar-refractivity contribution is 5.95. The Bertz CT molecular complexity index is 523. The van der Waals surface area contributed by atoms with Gasteiger partial charge in [0, 0.05) is 5.69 Å². The van der Waals surface area contributed by atoms with Crippen molar-refractivity contribution < 1.29 is 9.90 Å². The van der Waals surface area contributed by atoms with Crippen molar-refractivity contribution in [3.63, 3.8) is 0 Å². The average molecular weight is 242 g/mol. The second kappa shape index (κ2) is 5.33. The van der Waals surface area contributed by atoms with E-state index in [9.17, 15) is 4.79 Å². The third-order valence-corrected chi connectivity index (χ3v) is 2.58. The summed E-state index contributed by atoms with van der Waals surface area (Å²) < 4.78 is 0. The van der Waals surface area contributed by atoms with Gasteiger partial charge < -0.3 is 16.2 Å². The van der Waals surface area contributed by atoms with Crippen molar-refractivity contribution in [3.8, 4) is 5.75 Å². The van der Waals surface area contributed by atoms with Crippen LogP contribution in [-0.2, 0) is 4.79 Å². The molecule has 4 nitrogen and oxygen atoms in total.